The smallest absolute Gasteiger partial charge is 0.0159 e. The van der Waals surface area contributed by atoms with Crippen molar-refractivity contribution in [1.82, 2.24) is 0 Å². The van der Waals surface area contributed by atoms with Crippen LogP contribution in [0.15, 0.2) is 36.4 Å². The van der Waals surface area contributed by atoms with Gasteiger partial charge in [-0.05, 0) is 6.08 Å². The summed E-state index contributed by atoms with van der Waals surface area (Å²) >= 11 is 0. The summed E-state index contributed by atoms with van der Waals surface area (Å²) in [5, 5.41) is 6.76. The molecule has 2 nitrogen and oxygen atoms in total. The summed E-state index contributed by atoms with van der Waals surface area (Å²) in [6.07, 6.45) is 0.500. The van der Waals surface area contributed by atoms with E-state index in [1.807, 2.05) is 36.4 Å². The van der Waals surface area contributed by atoms with Gasteiger partial charge in [0.05, 0.1) is 0 Å². The molecule has 0 fully saturated rings. The number of carbonyl (C=O) groups excluding carboxylic acids is 1. The van der Waals surface area contributed by atoms with E-state index < -0.39 is 0 Å². The van der Waals surface area contributed by atoms with Gasteiger partial charge in [-0.3, -0.25) is 4.79 Å². The highest BCUT2D eigenvalue weighted by Crippen LogP contribution is 1.79. The molecule has 46 valence electrons. The fourth-order valence-electron chi connectivity index (χ4n) is 0.385. The molecule has 9 heavy (non-hydrogen) atoms. The van der Waals surface area contributed by atoms with Gasteiger partial charge in [0, 0.05) is 0 Å². The summed E-state index contributed by atoms with van der Waals surface area (Å²) in [5.41, 5.74) is 0. The van der Waals surface area contributed by atoms with Crippen LogP contribution in [0.25, 0.3) is 5.41 Å². The van der Waals surface area contributed by atoms with Crippen molar-refractivity contribution in [2.24, 2.45) is 0 Å². The minimum Gasteiger partial charge on any atom is -0.724 e. The minimum absolute atomic E-state index is 0.500. The van der Waals surface area contributed by atoms with Crippen LogP contribution in [0.3, 0.4) is 0 Å². The van der Waals surface area contributed by atoms with Gasteiger partial charge in [-0.15, -0.1) is 0 Å². The first kappa shape index (κ1) is 7.60. The van der Waals surface area contributed by atoms with Crippen molar-refractivity contribution in [3.8, 4) is 0 Å². The summed E-state index contributed by atoms with van der Waals surface area (Å²) in [6.45, 7) is 0. The molecular weight excluding hydrogens is 114 g/mol. The van der Waals surface area contributed by atoms with E-state index in [0.29, 0.717) is 6.08 Å². The van der Waals surface area contributed by atoms with Crippen molar-refractivity contribution < 1.29 is 4.79 Å². The summed E-state index contributed by atoms with van der Waals surface area (Å²) in [6, 6.07) is 12.0. The highest BCUT2D eigenvalue weighted by Gasteiger charge is 1.57. The zero-order chi connectivity index (χ0) is 6.95. The highest BCUT2D eigenvalue weighted by molar-refractivity contribution is 5.36. The van der Waals surface area contributed by atoms with E-state index in [9.17, 15) is 0 Å². The Bertz CT molecular complexity index is 139. The van der Waals surface area contributed by atoms with Gasteiger partial charge >= 0.3 is 0 Å². The Hall–Kier alpha value is -1.40. The number of isocyanates is 1. The monoisotopic (exact) mass is 120 g/mol. The van der Waals surface area contributed by atoms with E-state index in [0.717, 1.165) is 0 Å². The number of hydrogen-bond donors (Lipinski definition) is 0. The Morgan fingerprint density at radius 2 is 1.00 bits per heavy atom. The van der Waals surface area contributed by atoms with E-state index in [-0.39, 0.29) is 0 Å². The Morgan fingerprint density at radius 3 is 1.11 bits per heavy atom. The molecule has 0 bridgehead atoms. The summed E-state index contributed by atoms with van der Waals surface area (Å²) in [7, 11) is 0. The minimum atomic E-state index is 0.500. The maximum atomic E-state index is 8.24. The van der Waals surface area contributed by atoms with Crippen LogP contribution in [0.2, 0.25) is 0 Å². The molecular formula is C7H6NO-. The molecule has 1 aromatic rings. The quantitative estimate of drug-likeness (QED) is 0.378. The van der Waals surface area contributed by atoms with Gasteiger partial charge in [0.2, 0.25) is 0 Å². The van der Waals surface area contributed by atoms with Gasteiger partial charge in [-0.25, -0.2) is 0 Å². The molecule has 1 aromatic carbocycles. The van der Waals surface area contributed by atoms with E-state index in [4.69, 9.17) is 10.2 Å². The standard InChI is InChI=1S/C6H6.CNO/c1-2-4-6-5-3-1;2-1-3/h1-6H;/q;-1. The molecule has 0 atom stereocenters. The van der Waals surface area contributed by atoms with Crippen LogP contribution in [-0.4, -0.2) is 6.08 Å². The lowest BCUT2D eigenvalue weighted by Gasteiger charge is -1.69. The van der Waals surface area contributed by atoms with Crippen LogP contribution >= 0.6 is 0 Å². The molecule has 0 heterocycles. The fourth-order valence-corrected chi connectivity index (χ4v) is 0.385. The molecule has 0 unspecified atom stereocenters. The number of benzene rings is 1. The molecule has 1 rings (SSSR count). The predicted octanol–water partition coefficient (Wildman–Crippen LogP) is 1.58. The molecule has 0 aliphatic carbocycles. The third kappa shape index (κ3) is 6.60. The van der Waals surface area contributed by atoms with E-state index in [1.165, 1.54) is 0 Å². The average Bonchev–Trinajstić information content (AvgIpc) is 1.93. The third-order valence-corrected chi connectivity index (χ3v) is 0.667. The summed E-state index contributed by atoms with van der Waals surface area (Å²) in [5.74, 6) is 0. The van der Waals surface area contributed by atoms with Crippen LogP contribution in [0.4, 0.5) is 0 Å². The van der Waals surface area contributed by atoms with Gasteiger partial charge in [-0.2, -0.15) is 0 Å². The van der Waals surface area contributed by atoms with Crippen molar-refractivity contribution >= 4 is 6.08 Å². The molecule has 2 heteroatoms. The zero-order valence-electron chi connectivity index (χ0n) is 4.82. The molecule has 0 spiro atoms. The third-order valence-electron chi connectivity index (χ3n) is 0.667. The lowest BCUT2D eigenvalue weighted by Crippen LogP contribution is -1.47. The second-order valence-electron chi connectivity index (χ2n) is 1.25. The van der Waals surface area contributed by atoms with Crippen LogP contribution in [0, 0.1) is 0 Å². The zero-order valence-corrected chi connectivity index (χ0v) is 4.82. The van der Waals surface area contributed by atoms with Crippen molar-refractivity contribution in [3.05, 3.63) is 41.8 Å². The van der Waals surface area contributed by atoms with Gasteiger partial charge < -0.3 is 5.41 Å². The van der Waals surface area contributed by atoms with Crippen molar-refractivity contribution in [2.75, 3.05) is 0 Å². The van der Waals surface area contributed by atoms with Crippen molar-refractivity contribution in [3.63, 3.8) is 0 Å². The number of rotatable bonds is 0. The topological polar surface area (TPSA) is 39.4 Å². The second kappa shape index (κ2) is 6.60. The molecule has 0 amide bonds. The largest absolute Gasteiger partial charge is 0.724 e. The first-order valence-corrected chi connectivity index (χ1v) is 2.43. The van der Waals surface area contributed by atoms with Crippen molar-refractivity contribution in [2.45, 2.75) is 0 Å². The van der Waals surface area contributed by atoms with Gasteiger partial charge in [0.1, 0.15) is 0 Å². The Morgan fingerprint density at radius 1 is 0.889 bits per heavy atom. The highest BCUT2D eigenvalue weighted by atomic mass is 16.1. The van der Waals surface area contributed by atoms with E-state index in [1.54, 1.807) is 0 Å². The SMILES string of the molecule is [N-]=C=O.c1ccccc1. The van der Waals surface area contributed by atoms with Crippen LogP contribution < -0.4 is 0 Å². The summed E-state index contributed by atoms with van der Waals surface area (Å²) < 4.78 is 0. The lowest BCUT2D eigenvalue weighted by atomic mass is 10.4. The van der Waals surface area contributed by atoms with Crippen molar-refractivity contribution in [1.29, 1.82) is 0 Å². The number of nitrogens with zero attached hydrogens (tertiary/aromatic N) is 1. The van der Waals surface area contributed by atoms with E-state index >= 15 is 0 Å². The predicted molar refractivity (Wildman–Crippen MR) is 35.5 cm³/mol. The maximum Gasteiger partial charge on any atom is -0.0159 e. The first-order chi connectivity index (χ1) is 4.41. The summed E-state index contributed by atoms with van der Waals surface area (Å²) in [4.78, 5) is 8.24. The molecule has 0 saturated carbocycles. The van der Waals surface area contributed by atoms with Gasteiger partial charge in [-0.1, -0.05) is 36.4 Å². The fraction of sp³-hybridized carbons (Fsp3) is 0. The van der Waals surface area contributed by atoms with Crippen LogP contribution in [-0.2, 0) is 4.79 Å². The molecule has 0 aliphatic rings. The molecule has 0 N–H and O–H groups in total. The Labute approximate surface area is 53.6 Å². The van der Waals surface area contributed by atoms with Crippen LogP contribution in [0.1, 0.15) is 0 Å². The van der Waals surface area contributed by atoms with E-state index in [2.05, 4.69) is 0 Å². The van der Waals surface area contributed by atoms with Gasteiger partial charge in [0.15, 0.2) is 0 Å². The number of hydrogen-bond acceptors (Lipinski definition) is 1. The molecule has 0 aromatic heterocycles. The maximum absolute atomic E-state index is 8.24. The normalized spacial score (nSPS) is 6.22. The lowest BCUT2D eigenvalue weighted by molar-refractivity contribution is 0.569. The molecule has 0 saturated heterocycles. The second-order valence-corrected chi connectivity index (χ2v) is 1.25. The van der Waals surface area contributed by atoms with Crippen LogP contribution in [0.5, 0.6) is 0 Å². The first-order valence-electron chi connectivity index (χ1n) is 2.43. The van der Waals surface area contributed by atoms with Gasteiger partial charge in [0.25, 0.3) is 0 Å². The Kier molecular flexibility index (Phi) is 5.57. The molecule has 0 aliphatic heterocycles. The molecule has 0 radical (unpaired) electrons. The average molecular weight is 120 g/mol. The Balaban J connectivity index is 0.000000187.